The maximum absolute atomic E-state index is 9.17. The molecule has 1 aliphatic carbocycles. The molecule has 0 aromatic heterocycles. The van der Waals surface area contributed by atoms with Crippen molar-refractivity contribution in [3.05, 3.63) is 0 Å². The van der Waals surface area contributed by atoms with E-state index in [1.54, 1.807) is 0 Å². The summed E-state index contributed by atoms with van der Waals surface area (Å²) in [6.45, 7) is 0. The Morgan fingerprint density at radius 2 is 1.88 bits per heavy atom. The van der Waals surface area contributed by atoms with Crippen LogP contribution in [0.25, 0.3) is 0 Å². The molecular weight excluding hydrogens is 215 g/mol. The van der Waals surface area contributed by atoms with E-state index in [1.165, 1.54) is 19.3 Å². The van der Waals surface area contributed by atoms with Crippen LogP contribution in [0.4, 0.5) is 0 Å². The number of hydrogen-bond donors (Lipinski definition) is 1. The summed E-state index contributed by atoms with van der Waals surface area (Å²) in [7, 11) is 0. The Labute approximate surface area is 63.6 Å². The molecule has 0 amide bonds. The quantitative estimate of drug-likeness (QED) is 0.492. The predicted octanol–water partition coefficient (Wildman–Crippen LogP) is 1.72. The van der Waals surface area contributed by atoms with Crippen molar-refractivity contribution in [2.45, 2.75) is 35.7 Å². The van der Waals surface area contributed by atoms with Gasteiger partial charge in [0, 0.05) is 3.92 Å². The SMILES string of the molecule is O[C@@H]1CCCCC1I. The lowest BCUT2D eigenvalue weighted by Crippen LogP contribution is -2.23. The summed E-state index contributed by atoms with van der Waals surface area (Å²) in [5, 5.41) is 9.17. The van der Waals surface area contributed by atoms with Crippen LogP contribution in [0.1, 0.15) is 25.7 Å². The monoisotopic (exact) mass is 226 g/mol. The molecule has 0 spiro atoms. The fourth-order valence-electron chi connectivity index (χ4n) is 1.07. The van der Waals surface area contributed by atoms with Crippen LogP contribution in [-0.2, 0) is 0 Å². The van der Waals surface area contributed by atoms with Crippen LogP contribution in [0.2, 0.25) is 0 Å². The van der Waals surface area contributed by atoms with Crippen LogP contribution >= 0.6 is 22.6 Å². The van der Waals surface area contributed by atoms with Crippen molar-refractivity contribution in [3.63, 3.8) is 0 Å². The van der Waals surface area contributed by atoms with E-state index >= 15 is 0 Å². The Bertz CT molecular complexity index is 64.9. The fourth-order valence-corrected chi connectivity index (χ4v) is 1.87. The van der Waals surface area contributed by atoms with Crippen LogP contribution in [0.5, 0.6) is 0 Å². The van der Waals surface area contributed by atoms with Crippen molar-refractivity contribution in [1.29, 1.82) is 0 Å². The van der Waals surface area contributed by atoms with Gasteiger partial charge in [0.2, 0.25) is 0 Å². The van der Waals surface area contributed by atoms with E-state index in [1.807, 2.05) is 0 Å². The van der Waals surface area contributed by atoms with E-state index in [0.29, 0.717) is 3.92 Å². The summed E-state index contributed by atoms with van der Waals surface area (Å²) in [4.78, 5) is 0. The highest BCUT2D eigenvalue weighted by Gasteiger charge is 2.18. The van der Waals surface area contributed by atoms with Gasteiger partial charge in [-0.05, 0) is 12.8 Å². The standard InChI is InChI=1S/C6H11IO/c7-5-3-1-2-4-6(5)8/h5-6,8H,1-4H2/t5?,6-/m1/s1. The lowest BCUT2D eigenvalue weighted by molar-refractivity contribution is 0.142. The van der Waals surface area contributed by atoms with Gasteiger partial charge in [0.05, 0.1) is 6.10 Å². The van der Waals surface area contributed by atoms with Crippen molar-refractivity contribution in [3.8, 4) is 0 Å². The molecule has 1 rings (SSSR count). The third-order valence-electron chi connectivity index (χ3n) is 1.65. The Morgan fingerprint density at radius 1 is 1.25 bits per heavy atom. The largest absolute Gasteiger partial charge is 0.392 e. The van der Waals surface area contributed by atoms with Gasteiger partial charge in [0.1, 0.15) is 0 Å². The van der Waals surface area contributed by atoms with Crippen molar-refractivity contribution in [2.75, 3.05) is 0 Å². The first-order chi connectivity index (χ1) is 3.80. The van der Waals surface area contributed by atoms with Gasteiger partial charge in [-0.25, -0.2) is 0 Å². The zero-order valence-electron chi connectivity index (χ0n) is 4.81. The molecular formula is C6H11IO. The van der Waals surface area contributed by atoms with Gasteiger partial charge in [-0.1, -0.05) is 35.4 Å². The molecule has 0 bridgehead atoms. The topological polar surface area (TPSA) is 20.2 Å². The van der Waals surface area contributed by atoms with Crippen LogP contribution in [0.15, 0.2) is 0 Å². The van der Waals surface area contributed by atoms with Crippen molar-refractivity contribution < 1.29 is 5.11 Å². The zero-order chi connectivity index (χ0) is 5.98. The number of aliphatic hydroxyl groups is 1. The summed E-state index contributed by atoms with van der Waals surface area (Å²) < 4.78 is 0.529. The minimum atomic E-state index is -0.00986. The second-order valence-electron chi connectivity index (χ2n) is 2.37. The van der Waals surface area contributed by atoms with Gasteiger partial charge in [0.15, 0.2) is 0 Å². The van der Waals surface area contributed by atoms with Crippen molar-refractivity contribution >= 4 is 22.6 Å². The first-order valence-electron chi connectivity index (χ1n) is 3.13. The lowest BCUT2D eigenvalue weighted by Gasteiger charge is -2.21. The average molecular weight is 226 g/mol. The summed E-state index contributed by atoms with van der Waals surface area (Å²) >= 11 is 2.33. The Balaban J connectivity index is 2.28. The third-order valence-corrected chi connectivity index (χ3v) is 3.10. The minimum absolute atomic E-state index is 0.00986. The molecule has 8 heavy (non-hydrogen) atoms. The minimum Gasteiger partial charge on any atom is -0.392 e. The van der Waals surface area contributed by atoms with Gasteiger partial charge < -0.3 is 5.11 Å². The molecule has 0 aromatic carbocycles. The smallest absolute Gasteiger partial charge is 0.0657 e. The average Bonchev–Trinajstić information content (AvgIpc) is 1.77. The van der Waals surface area contributed by atoms with Gasteiger partial charge >= 0.3 is 0 Å². The molecule has 1 saturated carbocycles. The molecule has 1 nitrogen and oxygen atoms in total. The number of alkyl halides is 1. The summed E-state index contributed by atoms with van der Waals surface area (Å²) in [5.41, 5.74) is 0. The highest BCUT2D eigenvalue weighted by Crippen LogP contribution is 2.24. The van der Waals surface area contributed by atoms with Crippen LogP contribution in [-0.4, -0.2) is 15.1 Å². The van der Waals surface area contributed by atoms with Gasteiger partial charge in [0.25, 0.3) is 0 Å². The molecule has 0 radical (unpaired) electrons. The van der Waals surface area contributed by atoms with Crippen molar-refractivity contribution in [2.24, 2.45) is 0 Å². The molecule has 1 unspecified atom stereocenters. The second kappa shape index (κ2) is 3.01. The van der Waals surface area contributed by atoms with E-state index in [-0.39, 0.29) is 6.10 Å². The highest BCUT2D eigenvalue weighted by atomic mass is 127. The Kier molecular flexibility index (Phi) is 2.56. The van der Waals surface area contributed by atoms with E-state index in [2.05, 4.69) is 22.6 Å². The molecule has 0 aliphatic heterocycles. The maximum atomic E-state index is 9.17. The maximum Gasteiger partial charge on any atom is 0.0657 e. The molecule has 1 aliphatic rings. The number of halogens is 1. The Hall–Kier alpha value is 0.690. The number of rotatable bonds is 0. The Morgan fingerprint density at radius 3 is 2.25 bits per heavy atom. The van der Waals surface area contributed by atoms with Crippen LogP contribution in [0.3, 0.4) is 0 Å². The second-order valence-corrected chi connectivity index (χ2v) is 3.97. The van der Waals surface area contributed by atoms with Crippen LogP contribution < -0.4 is 0 Å². The van der Waals surface area contributed by atoms with Gasteiger partial charge in [-0.15, -0.1) is 0 Å². The fraction of sp³-hybridized carbons (Fsp3) is 1.00. The van der Waals surface area contributed by atoms with E-state index in [4.69, 9.17) is 0 Å². The van der Waals surface area contributed by atoms with Gasteiger partial charge in [-0.2, -0.15) is 0 Å². The predicted molar refractivity (Wildman–Crippen MR) is 42.3 cm³/mol. The summed E-state index contributed by atoms with van der Waals surface area (Å²) in [6.07, 6.45) is 4.75. The van der Waals surface area contributed by atoms with Crippen molar-refractivity contribution in [1.82, 2.24) is 0 Å². The zero-order valence-corrected chi connectivity index (χ0v) is 6.97. The first kappa shape index (κ1) is 6.81. The molecule has 1 fully saturated rings. The van der Waals surface area contributed by atoms with Crippen LogP contribution in [0, 0.1) is 0 Å². The normalized spacial score (nSPS) is 39.8. The molecule has 2 atom stereocenters. The first-order valence-corrected chi connectivity index (χ1v) is 4.37. The third kappa shape index (κ3) is 1.58. The number of hydrogen-bond acceptors (Lipinski definition) is 1. The van der Waals surface area contributed by atoms with Gasteiger partial charge in [-0.3, -0.25) is 0 Å². The highest BCUT2D eigenvalue weighted by molar-refractivity contribution is 14.1. The molecule has 1 N–H and O–H groups in total. The summed E-state index contributed by atoms with van der Waals surface area (Å²) in [5.74, 6) is 0. The van der Waals surface area contributed by atoms with E-state index in [0.717, 1.165) is 6.42 Å². The molecule has 48 valence electrons. The molecule has 2 heteroatoms. The molecule has 0 heterocycles. The summed E-state index contributed by atoms with van der Waals surface area (Å²) in [6, 6.07) is 0. The lowest BCUT2D eigenvalue weighted by atomic mass is 9.98. The van der Waals surface area contributed by atoms with E-state index < -0.39 is 0 Å². The molecule has 0 aromatic rings. The number of aliphatic hydroxyl groups excluding tert-OH is 1. The molecule has 0 saturated heterocycles. The van der Waals surface area contributed by atoms with E-state index in [9.17, 15) is 5.11 Å².